The number of carboxylic acids is 1. The molecule has 5 heteroatoms. The average molecular weight is 265 g/mol. The van der Waals surface area contributed by atoms with Gasteiger partial charge in [0.15, 0.2) is 0 Å². The molecule has 0 radical (unpaired) electrons. The largest absolute Gasteiger partial charge is 0.480 e. The summed E-state index contributed by atoms with van der Waals surface area (Å²) in [5.74, 6) is -1.30. The van der Waals surface area contributed by atoms with Gasteiger partial charge in [0, 0.05) is 12.2 Å². The summed E-state index contributed by atoms with van der Waals surface area (Å²) in [5.41, 5.74) is 0.805. The summed E-state index contributed by atoms with van der Waals surface area (Å²) in [6, 6.07) is 9.31. The zero-order valence-corrected chi connectivity index (χ0v) is 11.0. The van der Waals surface area contributed by atoms with E-state index in [1.165, 1.54) is 0 Å². The van der Waals surface area contributed by atoms with E-state index in [-0.39, 0.29) is 12.5 Å². The van der Waals surface area contributed by atoms with Gasteiger partial charge >= 0.3 is 5.97 Å². The summed E-state index contributed by atoms with van der Waals surface area (Å²) < 4.78 is 4.85. The number of carbonyl (C=O) groups is 2. The minimum Gasteiger partial charge on any atom is -0.480 e. The minimum absolute atomic E-state index is 0.217. The molecule has 0 aliphatic heterocycles. The molecule has 1 aromatic carbocycles. The van der Waals surface area contributed by atoms with Gasteiger partial charge in [-0.15, -0.1) is 0 Å². The average Bonchev–Trinajstić information content (AvgIpc) is 2.40. The Balaban J connectivity index is 2.63. The number of unbranched alkanes of at least 4 members (excludes halogenated alkanes) is 1. The molecule has 1 rings (SSSR count). The highest BCUT2D eigenvalue weighted by Crippen LogP contribution is 2.14. The van der Waals surface area contributed by atoms with Crippen LogP contribution in [0.3, 0.4) is 0 Å². The van der Waals surface area contributed by atoms with Gasteiger partial charge in [0.1, 0.15) is 13.2 Å². The number of anilines is 1. The maximum atomic E-state index is 12.0. The van der Waals surface area contributed by atoms with E-state index < -0.39 is 12.6 Å². The van der Waals surface area contributed by atoms with E-state index in [1.54, 1.807) is 4.90 Å². The Labute approximate surface area is 112 Å². The van der Waals surface area contributed by atoms with E-state index in [4.69, 9.17) is 9.84 Å². The van der Waals surface area contributed by atoms with Crippen LogP contribution in [0.1, 0.15) is 19.8 Å². The first-order valence-electron chi connectivity index (χ1n) is 6.30. The molecule has 0 saturated carbocycles. The Kier molecular flexibility index (Phi) is 6.60. The summed E-state index contributed by atoms with van der Waals surface area (Å²) in [5, 5.41) is 8.47. The predicted octanol–water partition coefficient (Wildman–Crippen LogP) is 1.92. The number of amides is 1. The van der Waals surface area contributed by atoms with Crippen LogP contribution in [0.15, 0.2) is 30.3 Å². The molecule has 0 saturated heterocycles. The van der Waals surface area contributed by atoms with Crippen molar-refractivity contribution in [3.63, 3.8) is 0 Å². The highest BCUT2D eigenvalue weighted by Gasteiger charge is 2.15. The summed E-state index contributed by atoms with van der Waals surface area (Å²) in [6.07, 6.45) is 1.87. The lowest BCUT2D eigenvalue weighted by molar-refractivity contribution is -0.143. The molecule has 1 aromatic rings. The molecule has 0 aromatic heterocycles. The van der Waals surface area contributed by atoms with Crippen LogP contribution in [0.25, 0.3) is 0 Å². The summed E-state index contributed by atoms with van der Waals surface area (Å²) >= 11 is 0. The van der Waals surface area contributed by atoms with Gasteiger partial charge in [-0.1, -0.05) is 31.5 Å². The Morgan fingerprint density at radius 2 is 1.89 bits per heavy atom. The lowest BCUT2D eigenvalue weighted by Crippen LogP contribution is -2.35. The van der Waals surface area contributed by atoms with Crippen LogP contribution in [-0.4, -0.2) is 36.7 Å². The van der Waals surface area contributed by atoms with Crippen molar-refractivity contribution in [1.29, 1.82) is 0 Å². The van der Waals surface area contributed by atoms with Gasteiger partial charge in [-0.25, -0.2) is 4.79 Å². The topological polar surface area (TPSA) is 66.8 Å². The zero-order chi connectivity index (χ0) is 14.1. The van der Waals surface area contributed by atoms with Crippen molar-refractivity contribution < 1.29 is 19.4 Å². The van der Waals surface area contributed by atoms with Crippen molar-refractivity contribution in [3.05, 3.63) is 30.3 Å². The number of para-hydroxylation sites is 1. The van der Waals surface area contributed by atoms with Gasteiger partial charge in [0.25, 0.3) is 5.91 Å². The highest BCUT2D eigenvalue weighted by atomic mass is 16.5. The zero-order valence-electron chi connectivity index (χ0n) is 11.0. The van der Waals surface area contributed by atoms with E-state index in [0.29, 0.717) is 6.54 Å². The monoisotopic (exact) mass is 265 g/mol. The Morgan fingerprint density at radius 1 is 1.21 bits per heavy atom. The van der Waals surface area contributed by atoms with Crippen molar-refractivity contribution in [2.24, 2.45) is 0 Å². The molecular weight excluding hydrogens is 246 g/mol. The summed E-state index contributed by atoms with van der Waals surface area (Å²) in [6.45, 7) is 1.98. The molecule has 0 bridgehead atoms. The third-order valence-electron chi connectivity index (χ3n) is 2.56. The second kappa shape index (κ2) is 8.26. The molecule has 1 amide bonds. The van der Waals surface area contributed by atoms with E-state index in [0.717, 1.165) is 18.5 Å². The molecule has 104 valence electrons. The lowest BCUT2D eigenvalue weighted by Gasteiger charge is -2.22. The molecular formula is C14H19NO4. The molecule has 19 heavy (non-hydrogen) atoms. The third kappa shape index (κ3) is 5.52. The maximum absolute atomic E-state index is 12.0. The second-order valence-electron chi connectivity index (χ2n) is 4.12. The van der Waals surface area contributed by atoms with Crippen LogP contribution >= 0.6 is 0 Å². The normalized spacial score (nSPS) is 10.2. The standard InChI is InChI=1S/C14H19NO4/c1-2-3-9-15(12-7-5-4-6-8-12)13(16)10-19-11-14(17)18/h4-8H,2-3,9-11H2,1H3,(H,17,18). The van der Waals surface area contributed by atoms with Crippen molar-refractivity contribution >= 4 is 17.6 Å². The number of nitrogens with zero attached hydrogens (tertiary/aromatic N) is 1. The smallest absolute Gasteiger partial charge is 0.329 e. The van der Waals surface area contributed by atoms with Gasteiger partial charge < -0.3 is 14.7 Å². The minimum atomic E-state index is -1.08. The summed E-state index contributed by atoms with van der Waals surface area (Å²) in [7, 11) is 0. The van der Waals surface area contributed by atoms with Gasteiger partial charge in [-0.3, -0.25) is 4.79 Å². The third-order valence-corrected chi connectivity index (χ3v) is 2.56. The molecule has 0 heterocycles. The molecule has 0 aliphatic rings. The number of ether oxygens (including phenoxy) is 1. The van der Waals surface area contributed by atoms with Crippen LogP contribution in [0.2, 0.25) is 0 Å². The molecule has 0 unspecified atom stereocenters. The van der Waals surface area contributed by atoms with Crippen molar-refractivity contribution in [1.82, 2.24) is 0 Å². The first-order chi connectivity index (χ1) is 9.15. The molecule has 0 atom stereocenters. The quantitative estimate of drug-likeness (QED) is 0.779. The van der Waals surface area contributed by atoms with Crippen LogP contribution in [0, 0.1) is 0 Å². The van der Waals surface area contributed by atoms with E-state index in [9.17, 15) is 9.59 Å². The highest BCUT2D eigenvalue weighted by molar-refractivity contribution is 5.94. The number of aliphatic carboxylic acids is 1. The molecule has 0 spiro atoms. The van der Waals surface area contributed by atoms with E-state index in [2.05, 4.69) is 6.92 Å². The number of hydrogen-bond donors (Lipinski definition) is 1. The molecule has 0 aliphatic carbocycles. The molecule has 1 N–H and O–H groups in total. The van der Waals surface area contributed by atoms with Crippen LogP contribution in [0.5, 0.6) is 0 Å². The van der Waals surface area contributed by atoms with E-state index >= 15 is 0 Å². The van der Waals surface area contributed by atoms with Crippen LogP contribution in [-0.2, 0) is 14.3 Å². The van der Waals surface area contributed by atoms with Crippen LogP contribution < -0.4 is 4.90 Å². The van der Waals surface area contributed by atoms with E-state index in [1.807, 2.05) is 30.3 Å². The second-order valence-corrected chi connectivity index (χ2v) is 4.12. The Bertz CT molecular complexity index is 405. The fraction of sp³-hybridized carbons (Fsp3) is 0.429. The van der Waals surface area contributed by atoms with Gasteiger partial charge in [-0.2, -0.15) is 0 Å². The molecule has 0 fully saturated rings. The van der Waals surface area contributed by atoms with Crippen molar-refractivity contribution in [3.8, 4) is 0 Å². The first kappa shape index (κ1) is 15.2. The molecule has 5 nitrogen and oxygen atoms in total. The van der Waals surface area contributed by atoms with Crippen molar-refractivity contribution in [2.75, 3.05) is 24.7 Å². The SMILES string of the molecule is CCCCN(C(=O)COCC(=O)O)c1ccccc1. The maximum Gasteiger partial charge on any atom is 0.329 e. The Hall–Kier alpha value is -1.88. The number of carboxylic acid groups (broad SMARTS) is 1. The number of rotatable bonds is 8. The fourth-order valence-corrected chi connectivity index (χ4v) is 1.63. The predicted molar refractivity (Wildman–Crippen MR) is 72.2 cm³/mol. The summed E-state index contributed by atoms with van der Waals surface area (Å²) in [4.78, 5) is 24.0. The van der Waals surface area contributed by atoms with Crippen LogP contribution in [0.4, 0.5) is 5.69 Å². The first-order valence-corrected chi connectivity index (χ1v) is 6.30. The van der Waals surface area contributed by atoms with Gasteiger partial charge in [0.05, 0.1) is 0 Å². The number of hydrogen-bond acceptors (Lipinski definition) is 3. The fourth-order valence-electron chi connectivity index (χ4n) is 1.63. The number of carbonyl (C=O) groups excluding carboxylic acids is 1. The lowest BCUT2D eigenvalue weighted by atomic mass is 10.2. The van der Waals surface area contributed by atoms with Gasteiger partial charge in [0.2, 0.25) is 0 Å². The number of benzene rings is 1. The van der Waals surface area contributed by atoms with Gasteiger partial charge in [-0.05, 0) is 18.6 Å². The Morgan fingerprint density at radius 3 is 2.47 bits per heavy atom. The van der Waals surface area contributed by atoms with Crippen molar-refractivity contribution in [2.45, 2.75) is 19.8 Å².